The quantitative estimate of drug-likeness (QED) is 0.759. The molecule has 14 heavy (non-hydrogen) atoms. The van der Waals surface area contributed by atoms with Gasteiger partial charge in [0.1, 0.15) is 5.76 Å². The summed E-state index contributed by atoms with van der Waals surface area (Å²) in [5.74, 6) is 0.811. The lowest BCUT2D eigenvalue weighted by atomic mass is 10.2. The van der Waals surface area contributed by atoms with E-state index >= 15 is 0 Å². The van der Waals surface area contributed by atoms with E-state index in [1.807, 2.05) is 12.1 Å². The molecule has 0 amide bonds. The van der Waals surface area contributed by atoms with Crippen LogP contribution < -0.4 is 5.32 Å². The molecule has 1 aromatic heterocycles. The number of rotatable bonds is 5. The van der Waals surface area contributed by atoms with Crippen LogP contribution in [0.1, 0.15) is 26.0 Å². The Hall–Kier alpha value is -0.730. The van der Waals surface area contributed by atoms with Crippen molar-refractivity contribution >= 4 is 17.7 Å². The second-order valence-electron chi connectivity index (χ2n) is 3.31. The first-order valence-electron chi connectivity index (χ1n) is 4.85. The monoisotopic (exact) mass is 213 g/mol. The molecule has 0 fully saturated rings. The largest absolute Gasteiger partial charge is 0.445 e. The molecule has 0 aliphatic rings. The summed E-state index contributed by atoms with van der Waals surface area (Å²) >= 11 is 5.66. The van der Waals surface area contributed by atoms with Crippen LogP contribution in [-0.2, 0) is 0 Å². The fourth-order valence-corrected chi connectivity index (χ4v) is 1.31. The highest BCUT2D eigenvalue weighted by atomic mass is 35.5. The molecule has 0 aromatic carbocycles. The maximum atomic E-state index is 5.66. The highest BCUT2D eigenvalue weighted by Gasteiger charge is 1.96. The molecule has 1 aromatic rings. The minimum absolute atomic E-state index is 0.436. The fraction of sp³-hybridized carbons (Fsp3) is 0.455. The molecular weight excluding hydrogens is 198 g/mol. The Morgan fingerprint density at radius 3 is 2.93 bits per heavy atom. The van der Waals surface area contributed by atoms with E-state index < -0.39 is 0 Å². The van der Waals surface area contributed by atoms with Crippen LogP contribution in [0.25, 0.3) is 6.08 Å². The Balaban J connectivity index is 2.43. The second kappa shape index (κ2) is 5.89. The van der Waals surface area contributed by atoms with Crippen molar-refractivity contribution in [3.05, 3.63) is 28.7 Å². The summed E-state index contributed by atoms with van der Waals surface area (Å²) in [6.45, 7) is 6.16. The minimum Gasteiger partial charge on any atom is -0.445 e. The van der Waals surface area contributed by atoms with Gasteiger partial charge in [-0.1, -0.05) is 12.5 Å². The fourth-order valence-electron chi connectivity index (χ4n) is 1.16. The van der Waals surface area contributed by atoms with E-state index in [4.69, 9.17) is 16.0 Å². The van der Waals surface area contributed by atoms with E-state index in [1.165, 1.54) is 5.57 Å². The molecule has 0 atom stereocenters. The number of furan rings is 1. The van der Waals surface area contributed by atoms with E-state index in [0.717, 1.165) is 25.3 Å². The summed E-state index contributed by atoms with van der Waals surface area (Å²) in [5, 5.41) is 3.75. The summed E-state index contributed by atoms with van der Waals surface area (Å²) in [5.41, 5.74) is 1.24. The minimum atomic E-state index is 0.436. The van der Waals surface area contributed by atoms with Crippen molar-refractivity contribution in [1.29, 1.82) is 0 Å². The molecule has 2 nitrogen and oxygen atoms in total. The summed E-state index contributed by atoms with van der Waals surface area (Å²) in [6.07, 6.45) is 3.15. The molecule has 3 heteroatoms. The Morgan fingerprint density at radius 1 is 1.57 bits per heavy atom. The van der Waals surface area contributed by atoms with Gasteiger partial charge < -0.3 is 9.73 Å². The molecular formula is C11H16ClNO. The summed E-state index contributed by atoms with van der Waals surface area (Å²) in [6, 6.07) is 3.62. The van der Waals surface area contributed by atoms with Gasteiger partial charge in [0.25, 0.3) is 0 Å². The van der Waals surface area contributed by atoms with Crippen molar-refractivity contribution in [3.63, 3.8) is 0 Å². The van der Waals surface area contributed by atoms with Crippen molar-refractivity contribution in [2.24, 2.45) is 0 Å². The smallest absolute Gasteiger partial charge is 0.193 e. The van der Waals surface area contributed by atoms with Crippen LogP contribution >= 0.6 is 11.6 Å². The first-order valence-corrected chi connectivity index (χ1v) is 5.23. The van der Waals surface area contributed by atoms with Gasteiger partial charge in [0.15, 0.2) is 5.22 Å². The Labute approximate surface area is 89.9 Å². The zero-order chi connectivity index (χ0) is 10.4. The average Bonchev–Trinajstić information content (AvgIpc) is 2.52. The molecule has 0 saturated heterocycles. The van der Waals surface area contributed by atoms with Gasteiger partial charge in [0.05, 0.1) is 0 Å². The molecule has 0 spiro atoms. The molecule has 1 rings (SSSR count). The summed E-state index contributed by atoms with van der Waals surface area (Å²) in [7, 11) is 0. The summed E-state index contributed by atoms with van der Waals surface area (Å²) in [4.78, 5) is 0. The molecule has 1 N–H and O–H groups in total. The highest BCUT2D eigenvalue weighted by molar-refractivity contribution is 6.28. The van der Waals surface area contributed by atoms with Crippen molar-refractivity contribution in [2.45, 2.75) is 20.3 Å². The van der Waals surface area contributed by atoms with Crippen LogP contribution in [0.4, 0.5) is 0 Å². The lowest BCUT2D eigenvalue weighted by Gasteiger charge is -2.01. The van der Waals surface area contributed by atoms with Crippen molar-refractivity contribution in [1.82, 2.24) is 5.32 Å². The topological polar surface area (TPSA) is 25.2 Å². The third kappa shape index (κ3) is 3.99. The van der Waals surface area contributed by atoms with Gasteiger partial charge >= 0.3 is 0 Å². The number of nitrogens with one attached hydrogen (secondary N) is 1. The second-order valence-corrected chi connectivity index (χ2v) is 3.68. The van der Waals surface area contributed by atoms with E-state index in [2.05, 4.69) is 19.2 Å². The maximum absolute atomic E-state index is 5.66. The van der Waals surface area contributed by atoms with Crippen LogP contribution in [0.3, 0.4) is 0 Å². The molecule has 0 unspecified atom stereocenters. The van der Waals surface area contributed by atoms with Gasteiger partial charge in [-0.3, -0.25) is 0 Å². The van der Waals surface area contributed by atoms with E-state index in [1.54, 1.807) is 6.07 Å². The molecule has 0 bridgehead atoms. The Kier molecular flexibility index (Phi) is 4.77. The predicted octanol–water partition coefficient (Wildman–Crippen LogP) is 3.34. The van der Waals surface area contributed by atoms with Crippen molar-refractivity contribution in [2.75, 3.05) is 13.1 Å². The number of hydrogen-bond acceptors (Lipinski definition) is 2. The van der Waals surface area contributed by atoms with Gasteiger partial charge in [-0.05, 0) is 49.7 Å². The first-order chi connectivity index (χ1) is 6.72. The molecule has 0 aliphatic heterocycles. The average molecular weight is 214 g/mol. The maximum Gasteiger partial charge on any atom is 0.193 e. The molecule has 0 saturated carbocycles. The van der Waals surface area contributed by atoms with Crippen molar-refractivity contribution < 1.29 is 4.42 Å². The third-order valence-electron chi connectivity index (χ3n) is 1.81. The molecule has 0 radical (unpaired) electrons. The van der Waals surface area contributed by atoms with Gasteiger partial charge in [-0.2, -0.15) is 0 Å². The zero-order valence-corrected chi connectivity index (χ0v) is 9.40. The van der Waals surface area contributed by atoms with Gasteiger partial charge in [0, 0.05) is 6.54 Å². The first kappa shape index (κ1) is 11.3. The van der Waals surface area contributed by atoms with E-state index in [0.29, 0.717) is 5.22 Å². The van der Waals surface area contributed by atoms with Crippen molar-refractivity contribution in [3.8, 4) is 0 Å². The van der Waals surface area contributed by atoms with E-state index in [-0.39, 0.29) is 0 Å². The summed E-state index contributed by atoms with van der Waals surface area (Å²) < 4.78 is 5.22. The number of halogens is 1. The van der Waals surface area contributed by atoms with Crippen LogP contribution in [0.2, 0.25) is 5.22 Å². The lowest BCUT2D eigenvalue weighted by Crippen LogP contribution is -2.16. The number of hydrogen-bond donors (Lipinski definition) is 1. The van der Waals surface area contributed by atoms with Crippen LogP contribution in [0.5, 0.6) is 0 Å². The van der Waals surface area contributed by atoms with Crippen LogP contribution in [-0.4, -0.2) is 13.1 Å². The lowest BCUT2D eigenvalue weighted by molar-refractivity contribution is 0.558. The molecule has 1 heterocycles. The Bertz CT molecular complexity index is 304. The van der Waals surface area contributed by atoms with Gasteiger partial charge in [-0.25, -0.2) is 0 Å². The normalized spacial score (nSPS) is 12.1. The van der Waals surface area contributed by atoms with Crippen LogP contribution in [0.15, 0.2) is 22.1 Å². The SMILES string of the molecule is CCCNCC(C)=Cc1ccc(Cl)o1. The van der Waals surface area contributed by atoms with E-state index in [9.17, 15) is 0 Å². The third-order valence-corrected chi connectivity index (χ3v) is 2.02. The van der Waals surface area contributed by atoms with Crippen LogP contribution in [0, 0.1) is 0 Å². The van der Waals surface area contributed by atoms with Gasteiger partial charge in [0.2, 0.25) is 0 Å². The highest BCUT2D eigenvalue weighted by Crippen LogP contribution is 2.15. The molecule has 78 valence electrons. The molecule has 0 aliphatic carbocycles. The predicted molar refractivity (Wildman–Crippen MR) is 60.5 cm³/mol. The Morgan fingerprint density at radius 2 is 2.36 bits per heavy atom. The van der Waals surface area contributed by atoms with Gasteiger partial charge in [-0.15, -0.1) is 0 Å². The standard InChI is InChI=1S/C11H16ClNO/c1-3-6-13-8-9(2)7-10-4-5-11(12)14-10/h4-5,7,13H,3,6,8H2,1-2H3. The zero-order valence-electron chi connectivity index (χ0n) is 8.64.